The van der Waals surface area contributed by atoms with E-state index in [4.69, 9.17) is 0 Å². The van der Waals surface area contributed by atoms with Crippen LogP contribution in [0.3, 0.4) is 0 Å². The summed E-state index contributed by atoms with van der Waals surface area (Å²) in [6.07, 6.45) is 4.65. The van der Waals surface area contributed by atoms with Crippen molar-refractivity contribution in [1.82, 2.24) is 5.32 Å². The van der Waals surface area contributed by atoms with Crippen molar-refractivity contribution in [2.75, 3.05) is 7.05 Å². The molecule has 0 aliphatic carbocycles. The molecule has 1 aliphatic rings. The van der Waals surface area contributed by atoms with Crippen LogP contribution in [-0.4, -0.2) is 15.9 Å². The first-order valence-corrected chi connectivity index (χ1v) is 3.59. The standard InChI is InChI=1S/C5H10IN2/c1-5-7-3-4-8(5,2)6/h3-5,7H,1-2H3/q+1/t5?,8-/m0/s1. The Balaban J connectivity index is 2.67. The lowest BCUT2D eigenvalue weighted by Crippen LogP contribution is -2.38. The van der Waals surface area contributed by atoms with E-state index in [2.05, 4.69) is 48.4 Å². The Morgan fingerprint density at radius 1 is 1.75 bits per heavy atom. The van der Waals surface area contributed by atoms with Gasteiger partial charge in [-0.25, -0.2) is 2.70 Å². The maximum atomic E-state index is 3.19. The molecule has 0 bridgehead atoms. The minimum Gasteiger partial charge on any atom is -0.337 e. The minimum atomic E-state index is 0.524. The van der Waals surface area contributed by atoms with Crippen LogP contribution in [0.1, 0.15) is 6.92 Å². The molecule has 0 fully saturated rings. The topological polar surface area (TPSA) is 12.0 Å². The van der Waals surface area contributed by atoms with E-state index in [1.807, 2.05) is 6.20 Å². The Bertz CT molecular complexity index is 120. The van der Waals surface area contributed by atoms with Gasteiger partial charge in [0.15, 0.2) is 6.17 Å². The van der Waals surface area contributed by atoms with Gasteiger partial charge in [-0.2, -0.15) is 0 Å². The van der Waals surface area contributed by atoms with E-state index in [9.17, 15) is 0 Å². The van der Waals surface area contributed by atoms with E-state index >= 15 is 0 Å². The SMILES string of the molecule is CC1NC=C[N@+]1(C)I. The molecule has 0 aromatic heterocycles. The molecule has 46 valence electrons. The van der Waals surface area contributed by atoms with Crippen LogP contribution in [-0.2, 0) is 0 Å². The van der Waals surface area contributed by atoms with Crippen LogP contribution in [0.15, 0.2) is 12.4 Å². The van der Waals surface area contributed by atoms with Crippen molar-refractivity contribution in [3.05, 3.63) is 12.4 Å². The molecule has 1 rings (SSSR count). The lowest BCUT2D eigenvalue weighted by Gasteiger charge is -2.21. The molecule has 1 N–H and O–H groups in total. The fourth-order valence-electron chi connectivity index (χ4n) is 0.603. The van der Waals surface area contributed by atoms with Crippen molar-refractivity contribution >= 4 is 22.9 Å². The Labute approximate surface area is 63.6 Å². The lowest BCUT2D eigenvalue weighted by molar-refractivity contribution is -0.696. The number of rotatable bonds is 0. The maximum Gasteiger partial charge on any atom is 0.255 e. The molecule has 0 saturated carbocycles. The van der Waals surface area contributed by atoms with Crippen molar-refractivity contribution < 1.29 is 2.70 Å². The number of hydrogen-bond donors (Lipinski definition) is 1. The molecular weight excluding hydrogens is 215 g/mol. The summed E-state index contributed by atoms with van der Waals surface area (Å²) in [5, 5.41) is 3.19. The highest BCUT2D eigenvalue weighted by Gasteiger charge is 2.27. The summed E-state index contributed by atoms with van der Waals surface area (Å²) in [6, 6.07) is 0. The fraction of sp³-hybridized carbons (Fsp3) is 0.600. The molecule has 1 aliphatic heterocycles. The first kappa shape index (κ1) is 6.35. The van der Waals surface area contributed by atoms with E-state index in [1.54, 1.807) is 0 Å². The van der Waals surface area contributed by atoms with Crippen molar-refractivity contribution in [1.29, 1.82) is 0 Å². The molecule has 1 heterocycles. The summed E-state index contributed by atoms with van der Waals surface area (Å²) in [6.45, 7) is 2.16. The third kappa shape index (κ3) is 0.974. The largest absolute Gasteiger partial charge is 0.337 e. The third-order valence-electron chi connectivity index (χ3n) is 1.46. The Morgan fingerprint density at radius 3 is 2.50 bits per heavy atom. The summed E-state index contributed by atoms with van der Waals surface area (Å²) in [7, 11) is 2.15. The Kier molecular flexibility index (Phi) is 1.49. The molecule has 2 nitrogen and oxygen atoms in total. The molecule has 0 saturated heterocycles. The number of hydrogen-bond acceptors (Lipinski definition) is 1. The number of halogens is 1. The van der Waals surface area contributed by atoms with Crippen LogP contribution in [0, 0.1) is 0 Å². The Hall–Kier alpha value is 0.230. The predicted molar refractivity (Wildman–Crippen MR) is 41.9 cm³/mol. The molecule has 0 aromatic carbocycles. The van der Waals surface area contributed by atoms with Crippen molar-refractivity contribution in [2.24, 2.45) is 0 Å². The maximum absolute atomic E-state index is 3.19. The predicted octanol–water partition coefficient (Wildman–Crippen LogP) is 1.20. The summed E-state index contributed by atoms with van der Waals surface area (Å²) in [5.74, 6) is 0. The van der Waals surface area contributed by atoms with E-state index in [1.165, 1.54) is 0 Å². The lowest BCUT2D eigenvalue weighted by atomic mass is 10.6. The smallest absolute Gasteiger partial charge is 0.255 e. The molecule has 8 heavy (non-hydrogen) atoms. The van der Waals surface area contributed by atoms with E-state index in [0.717, 1.165) is 2.70 Å². The van der Waals surface area contributed by atoms with Crippen LogP contribution < -0.4 is 5.32 Å². The number of nitrogens with zero attached hydrogens (tertiary/aromatic N) is 1. The quantitative estimate of drug-likeness (QED) is 0.482. The monoisotopic (exact) mass is 225 g/mol. The van der Waals surface area contributed by atoms with Gasteiger partial charge in [-0.05, 0) is 0 Å². The van der Waals surface area contributed by atoms with Crippen LogP contribution >= 0.6 is 22.9 Å². The van der Waals surface area contributed by atoms with E-state index in [-0.39, 0.29) is 0 Å². The zero-order valence-corrected chi connectivity index (χ0v) is 7.21. The molecule has 2 atom stereocenters. The number of quaternary nitrogens is 1. The van der Waals surface area contributed by atoms with Gasteiger partial charge in [-0.3, -0.25) is 0 Å². The highest BCUT2D eigenvalue weighted by Crippen LogP contribution is 2.20. The molecule has 0 radical (unpaired) electrons. The van der Waals surface area contributed by atoms with Gasteiger partial charge in [-0.15, -0.1) is 0 Å². The zero-order valence-electron chi connectivity index (χ0n) is 5.06. The van der Waals surface area contributed by atoms with Crippen molar-refractivity contribution in [3.63, 3.8) is 0 Å². The van der Waals surface area contributed by atoms with Gasteiger partial charge in [0.05, 0.1) is 13.2 Å². The first-order valence-electron chi connectivity index (χ1n) is 2.62. The number of nitrogens with one attached hydrogen (secondary N) is 1. The first-order chi connectivity index (χ1) is 3.63. The molecule has 0 spiro atoms. The molecule has 0 amide bonds. The summed E-state index contributed by atoms with van der Waals surface area (Å²) in [4.78, 5) is 0. The fourth-order valence-corrected chi connectivity index (χ4v) is 0.924. The summed E-state index contributed by atoms with van der Waals surface area (Å²) >= 11 is 2.38. The molecule has 1 unspecified atom stereocenters. The Morgan fingerprint density at radius 2 is 2.38 bits per heavy atom. The van der Waals surface area contributed by atoms with E-state index in [0.29, 0.717) is 6.17 Å². The second kappa shape index (κ2) is 1.88. The van der Waals surface area contributed by atoms with Gasteiger partial charge in [0.2, 0.25) is 0 Å². The van der Waals surface area contributed by atoms with Gasteiger partial charge in [0, 0.05) is 6.92 Å². The average Bonchev–Trinajstić information content (AvgIpc) is 1.86. The minimum absolute atomic E-state index is 0.524. The van der Waals surface area contributed by atoms with Crippen molar-refractivity contribution in [2.45, 2.75) is 13.1 Å². The van der Waals surface area contributed by atoms with Gasteiger partial charge in [-0.1, -0.05) is 0 Å². The summed E-state index contributed by atoms with van der Waals surface area (Å²) in [5.41, 5.74) is 0. The molecule has 0 aromatic rings. The van der Waals surface area contributed by atoms with Crippen molar-refractivity contribution in [3.8, 4) is 0 Å². The second-order valence-electron chi connectivity index (χ2n) is 2.19. The highest BCUT2D eigenvalue weighted by molar-refractivity contribution is 14.1. The summed E-state index contributed by atoms with van der Waals surface area (Å²) < 4.78 is 0.914. The normalized spacial score (nSPS) is 44.6. The highest BCUT2D eigenvalue weighted by atomic mass is 127. The third-order valence-corrected chi connectivity index (χ3v) is 2.62. The van der Waals surface area contributed by atoms with Crippen LogP contribution in [0.2, 0.25) is 0 Å². The van der Waals surface area contributed by atoms with Gasteiger partial charge < -0.3 is 5.32 Å². The van der Waals surface area contributed by atoms with Crippen LogP contribution in [0.4, 0.5) is 0 Å². The van der Waals surface area contributed by atoms with Gasteiger partial charge in [0.25, 0.3) is 22.9 Å². The van der Waals surface area contributed by atoms with Crippen LogP contribution in [0.25, 0.3) is 0 Å². The van der Waals surface area contributed by atoms with E-state index < -0.39 is 0 Å². The van der Waals surface area contributed by atoms with Crippen LogP contribution in [0.5, 0.6) is 0 Å². The molecule has 3 heteroatoms. The molecular formula is C5H10IN2+. The second-order valence-corrected chi connectivity index (χ2v) is 4.27. The van der Waals surface area contributed by atoms with Gasteiger partial charge >= 0.3 is 0 Å². The average molecular weight is 225 g/mol. The van der Waals surface area contributed by atoms with Gasteiger partial charge in [0.1, 0.15) is 6.20 Å². The zero-order chi connectivity index (χ0) is 6.20.